The van der Waals surface area contributed by atoms with Crippen molar-refractivity contribution < 1.29 is 9.53 Å². The predicted octanol–water partition coefficient (Wildman–Crippen LogP) is 4.22. The number of rotatable bonds is 8. The molecule has 0 unspecified atom stereocenters. The summed E-state index contributed by atoms with van der Waals surface area (Å²) in [6, 6.07) is 9.80. The van der Waals surface area contributed by atoms with E-state index in [-0.39, 0.29) is 11.7 Å². The standard InChI is InChI=1S/C21H25N5O2S/c1-5-26-20(16-10-18(28-4)12-22-11-16)24-25-21(26)29-13-19(27)23-17-8-6-15(7-9-17)14(2)3/h6-12,14H,5,13H2,1-4H3,(H,23,27). The highest BCUT2D eigenvalue weighted by molar-refractivity contribution is 7.99. The van der Waals surface area contributed by atoms with E-state index in [1.165, 1.54) is 17.3 Å². The Morgan fingerprint density at radius 2 is 1.97 bits per heavy atom. The molecule has 0 aliphatic rings. The average Bonchev–Trinajstić information content (AvgIpc) is 3.15. The smallest absolute Gasteiger partial charge is 0.234 e. The molecule has 0 atom stereocenters. The Morgan fingerprint density at radius 1 is 1.21 bits per heavy atom. The third-order valence-electron chi connectivity index (χ3n) is 4.43. The van der Waals surface area contributed by atoms with Gasteiger partial charge in [0.1, 0.15) is 5.75 Å². The number of ether oxygens (including phenoxy) is 1. The van der Waals surface area contributed by atoms with E-state index in [4.69, 9.17) is 4.74 Å². The number of anilines is 1. The molecule has 2 heterocycles. The molecule has 1 amide bonds. The van der Waals surface area contributed by atoms with Gasteiger partial charge < -0.3 is 14.6 Å². The molecule has 0 saturated heterocycles. The third-order valence-corrected chi connectivity index (χ3v) is 5.40. The lowest BCUT2D eigenvalue weighted by Gasteiger charge is -2.09. The molecule has 1 aromatic carbocycles. The van der Waals surface area contributed by atoms with Crippen LogP contribution in [0.3, 0.4) is 0 Å². The zero-order valence-corrected chi connectivity index (χ0v) is 17.9. The normalized spacial score (nSPS) is 10.9. The van der Waals surface area contributed by atoms with E-state index < -0.39 is 0 Å². The SMILES string of the molecule is CCn1c(SCC(=O)Nc2ccc(C(C)C)cc2)nnc1-c1cncc(OC)c1. The Kier molecular flexibility index (Phi) is 6.87. The summed E-state index contributed by atoms with van der Waals surface area (Å²) in [5.74, 6) is 1.99. The van der Waals surface area contributed by atoms with Crippen LogP contribution in [0.1, 0.15) is 32.3 Å². The van der Waals surface area contributed by atoms with E-state index in [2.05, 4.69) is 34.3 Å². The van der Waals surface area contributed by atoms with Gasteiger partial charge in [0, 0.05) is 24.0 Å². The fraction of sp³-hybridized carbons (Fsp3) is 0.333. The van der Waals surface area contributed by atoms with E-state index in [0.29, 0.717) is 29.2 Å². The quantitative estimate of drug-likeness (QED) is 0.559. The second-order valence-corrected chi connectivity index (χ2v) is 7.72. The van der Waals surface area contributed by atoms with Gasteiger partial charge in [-0.25, -0.2) is 0 Å². The molecule has 0 fully saturated rings. The van der Waals surface area contributed by atoms with Crippen LogP contribution in [0.2, 0.25) is 0 Å². The van der Waals surface area contributed by atoms with Gasteiger partial charge in [-0.2, -0.15) is 0 Å². The first-order valence-corrected chi connectivity index (χ1v) is 10.5. The van der Waals surface area contributed by atoms with Gasteiger partial charge in [0.2, 0.25) is 5.91 Å². The second kappa shape index (κ2) is 9.56. The first kappa shape index (κ1) is 20.9. The number of methoxy groups -OCH3 is 1. The molecule has 152 valence electrons. The van der Waals surface area contributed by atoms with E-state index in [1.807, 2.05) is 41.8 Å². The molecular weight excluding hydrogens is 386 g/mol. The zero-order valence-electron chi connectivity index (χ0n) is 17.0. The Labute approximate surface area is 174 Å². The molecule has 0 radical (unpaired) electrons. The highest BCUT2D eigenvalue weighted by Crippen LogP contribution is 2.26. The van der Waals surface area contributed by atoms with Crippen LogP contribution in [0.15, 0.2) is 47.9 Å². The number of aromatic nitrogens is 4. The molecule has 1 N–H and O–H groups in total. The largest absolute Gasteiger partial charge is 0.495 e. The highest BCUT2D eigenvalue weighted by atomic mass is 32.2. The molecule has 0 bridgehead atoms. The molecule has 3 rings (SSSR count). The van der Waals surface area contributed by atoms with E-state index >= 15 is 0 Å². The van der Waals surface area contributed by atoms with Crippen molar-refractivity contribution in [2.45, 2.75) is 38.4 Å². The number of carbonyl (C=O) groups is 1. The molecule has 0 spiro atoms. The van der Waals surface area contributed by atoms with Crippen molar-refractivity contribution in [1.29, 1.82) is 0 Å². The van der Waals surface area contributed by atoms with Gasteiger partial charge in [0.15, 0.2) is 11.0 Å². The third kappa shape index (κ3) is 5.14. The second-order valence-electron chi connectivity index (χ2n) is 6.78. The number of hydrogen-bond donors (Lipinski definition) is 1. The van der Waals surface area contributed by atoms with Crippen LogP contribution in [0.25, 0.3) is 11.4 Å². The summed E-state index contributed by atoms with van der Waals surface area (Å²) in [5.41, 5.74) is 2.85. The van der Waals surface area contributed by atoms with Crippen LogP contribution in [-0.4, -0.2) is 38.5 Å². The van der Waals surface area contributed by atoms with Crippen molar-refractivity contribution in [3.63, 3.8) is 0 Å². The van der Waals surface area contributed by atoms with Gasteiger partial charge in [-0.15, -0.1) is 10.2 Å². The van der Waals surface area contributed by atoms with Crippen molar-refractivity contribution >= 4 is 23.4 Å². The monoisotopic (exact) mass is 411 g/mol. The van der Waals surface area contributed by atoms with Crippen LogP contribution >= 0.6 is 11.8 Å². The molecular formula is C21H25N5O2S. The van der Waals surface area contributed by atoms with Crippen LogP contribution in [-0.2, 0) is 11.3 Å². The fourth-order valence-corrected chi connectivity index (χ4v) is 3.63. The maximum atomic E-state index is 12.3. The average molecular weight is 412 g/mol. The fourth-order valence-electron chi connectivity index (χ4n) is 2.83. The Hall–Kier alpha value is -2.87. The Bertz CT molecular complexity index is 969. The van der Waals surface area contributed by atoms with E-state index in [9.17, 15) is 4.79 Å². The number of benzene rings is 1. The number of hydrogen-bond acceptors (Lipinski definition) is 6. The molecule has 0 saturated carbocycles. The van der Waals surface area contributed by atoms with E-state index in [1.54, 1.807) is 19.5 Å². The van der Waals surface area contributed by atoms with Crippen molar-refractivity contribution in [2.75, 3.05) is 18.2 Å². The molecule has 29 heavy (non-hydrogen) atoms. The lowest BCUT2D eigenvalue weighted by atomic mass is 10.0. The molecule has 2 aromatic heterocycles. The zero-order chi connectivity index (χ0) is 20.8. The molecule has 0 aliphatic carbocycles. The maximum absolute atomic E-state index is 12.3. The lowest BCUT2D eigenvalue weighted by Crippen LogP contribution is -2.14. The minimum Gasteiger partial charge on any atom is -0.495 e. The van der Waals surface area contributed by atoms with Crippen LogP contribution < -0.4 is 10.1 Å². The maximum Gasteiger partial charge on any atom is 0.234 e. The molecule has 7 nitrogen and oxygen atoms in total. The van der Waals surface area contributed by atoms with Crippen molar-refractivity contribution in [3.8, 4) is 17.1 Å². The first-order chi connectivity index (χ1) is 14.0. The number of amides is 1. The van der Waals surface area contributed by atoms with Crippen molar-refractivity contribution in [3.05, 3.63) is 48.3 Å². The lowest BCUT2D eigenvalue weighted by molar-refractivity contribution is -0.113. The minimum atomic E-state index is -0.0810. The van der Waals surface area contributed by atoms with Crippen LogP contribution in [0.5, 0.6) is 5.75 Å². The van der Waals surface area contributed by atoms with Crippen molar-refractivity contribution in [2.24, 2.45) is 0 Å². The Morgan fingerprint density at radius 3 is 2.62 bits per heavy atom. The van der Waals surface area contributed by atoms with Gasteiger partial charge in [-0.1, -0.05) is 37.7 Å². The summed E-state index contributed by atoms with van der Waals surface area (Å²) < 4.78 is 7.20. The number of nitrogens with zero attached hydrogens (tertiary/aromatic N) is 4. The summed E-state index contributed by atoms with van der Waals surface area (Å²) in [6.07, 6.45) is 3.37. The van der Waals surface area contributed by atoms with Crippen molar-refractivity contribution in [1.82, 2.24) is 19.7 Å². The van der Waals surface area contributed by atoms with Crippen LogP contribution in [0.4, 0.5) is 5.69 Å². The van der Waals surface area contributed by atoms with E-state index in [0.717, 1.165) is 11.3 Å². The number of pyridine rings is 1. The number of nitrogens with one attached hydrogen (secondary N) is 1. The Balaban J connectivity index is 1.66. The predicted molar refractivity (Wildman–Crippen MR) is 115 cm³/mol. The summed E-state index contributed by atoms with van der Waals surface area (Å²) >= 11 is 1.36. The van der Waals surface area contributed by atoms with Gasteiger partial charge in [0.05, 0.1) is 19.1 Å². The summed E-state index contributed by atoms with van der Waals surface area (Å²) in [6.45, 7) is 6.98. The summed E-state index contributed by atoms with van der Waals surface area (Å²) in [4.78, 5) is 16.5. The van der Waals surface area contributed by atoms with Gasteiger partial charge in [-0.05, 0) is 36.6 Å². The van der Waals surface area contributed by atoms with Crippen LogP contribution in [0, 0.1) is 0 Å². The first-order valence-electron chi connectivity index (χ1n) is 9.47. The van der Waals surface area contributed by atoms with Gasteiger partial charge in [0.25, 0.3) is 0 Å². The number of thioether (sulfide) groups is 1. The van der Waals surface area contributed by atoms with Gasteiger partial charge in [-0.3, -0.25) is 9.78 Å². The summed E-state index contributed by atoms with van der Waals surface area (Å²) in [7, 11) is 1.60. The molecule has 3 aromatic rings. The highest BCUT2D eigenvalue weighted by Gasteiger charge is 2.15. The summed E-state index contributed by atoms with van der Waals surface area (Å²) in [5, 5.41) is 12.2. The topological polar surface area (TPSA) is 81.9 Å². The molecule has 8 heteroatoms. The van der Waals surface area contributed by atoms with Gasteiger partial charge >= 0.3 is 0 Å². The number of carbonyl (C=O) groups excluding carboxylic acids is 1. The minimum absolute atomic E-state index is 0.0810. The molecule has 0 aliphatic heterocycles.